The minimum Gasteiger partial charge on any atom is -0.329 e. The number of hydrogen-bond acceptors (Lipinski definition) is 2. The fourth-order valence-electron chi connectivity index (χ4n) is 2.55. The Morgan fingerprint density at radius 2 is 1.67 bits per heavy atom. The average molecular weight is 323 g/mol. The van der Waals surface area contributed by atoms with Crippen LogP contribution in [-0.2, 0) is 6.54 Å². The molecule has 0 aliphatic heterocycles. The van der Waals surface area contributed by atoms with Gasteiger partial charge in [0, 0.05) is 29.2 Å². The monoisotopic (exact) mass is 322 g/mol. The highest BCUT2D eigenvalue weighted by molar-refractivity contribution is 6.30. The van der Waals surface area contributed by atoms with Crippen LogP contribution in [0.25, 0.3) is 0 Å². The summed E-state index contributed by atoms with van der Waals surface area (Å²) < 4.78 is 0. The first-order valence-electron chi connectivity index (χ1n) is 6.92. The maximum absolute atomic E-state index is 6.03. The van der Waals surface area contributed by atoms with Gasteiger partial charge in [-0.05, 0) is 54.9 Å². The van der Waals surface area contributed by atoms with Gasteiger partial charge in [-0.1, -0.05) is 41.4 Å². The Morgan fingerprint density at radius 1 is 1.05 bits per heavy atom. The number of halogens is 2. The molecule has 0 aromatic heterocycles. The predicted octanol–water partition coefficient (Wildman–Crippen LogP) is 4.43. The first kappa shape index (κ1) is 16.3. The minimum atomic E-state index is 0.165. The minimum absolute atomic E-state index is 0.165. The van der Waals surface area contributed by atoms with E-state index in [-0.39, 0.29) is 6.04 Å². The molecule has 1 unspecified atom stereocenters. The molecule has 0 amide bonds. The SMILES string of the molecule is Cc1cc(Cl)ccc1C(CN)N(C)Cc1ccc(Cl)cc1. The summed E-state index contributed by atoms with van der Waals surface area (Å²) in [4.78, 5) is 2.25. The Balaban J connectivity index is 2.18. The number of likely N-dealkylation sites (N-methyl/N-ethyl adjacent to an activating group) is 1. The van der Waals surface area contributed by atoms with Crippen LogP contribution in [0.1, 0.15) is 22.7 Å². The molecule has 112 valence electrons. The van der Waals surface area contributed by atoms with Gasteiger partial charge in [-0.15, -0.1) is 0 Å². The van der Waals surface area contributed by atoms with Crippen molar-refractivity contribution in [3.63, 3.8) is 0 Å². The van der Waals surface area contributed by atoms with Crippen LogP contribution in [0.3, 0.4) is 0 Å². The van der Waals surface area contributed by atoms with Gasteiger partial charge in [0.2, 0.25) is 0 Å². The molecule has 2 N–H and O–H groups in total. The second-order valence-electron chi connectivity index (χ2n) is 5.29. The molecule has 0 aliphatic carbocycles. The molecule has 0 saturated heterocycles. The van der Waals surface area contributed by atoms with E-state index in [1.165, 1.54) is 16.7 Å². The Morgan fingerprint density at radius 3 is 2.24 bits per heavy atom. The summed E-state index contributed by atoms with van der Waals surface area (Å²) in [6.45, 7) is 3.45. The zero-order valence-electron chi connectivity index (χ0n) is 12.3. The summed E-state index contributed by atoms with van der Waals surface area (Å²) >= 11 is 12.0. The molecule has 0 spiro atoms. The van der Waals surface area contributed by atoms with Gasteiger partial charge in [-0.25, -0.2) is 0 Å². The van der Waals surface area contributed by atoms with Crippen LogP contribution < -0.4 is 5.73 Å². The second-order valence-corrected chi connectivity index (χ2v) is 6.17. The fraction of sp³-hybridized carbons (Fsp3) is 0.294. The third kappa shape index (κ3) is 4.21. The van der Waals surface area contributed by atoms with Crippen LogP contribution in [0.2, 0.25) is 10.0 Å². The van der Waals surface area contributed by atoms with E-state index in [0.29, 0.717) is 6.54 Å². The predicted molar refractivity (Wildman–Crippen MR) is 90.9 cm³/mol. The Bertz CT molecular complexity index is 596. The van der Waals surface area contributed by atoms with Crippen molar-refractivity contribution in [1.82, 2.24) is 4.90 Å². The molecular weight excluding hydrogens is 303 g/mol. The van der Waals surface area contributed by atoms with Crippen molar-refractivity contribution in [3.05, 3.63) is 69.2 Å². The standard InChI is InChI=1S/C17H20Cl2N2/c1-12-9-15(19)7-8-16(12)17(10-20)21(2)11-13-3-5-14(18)6-4-13/h3-9,17H,10-11,20H2,1-2H3. The van der Waals surface area contributed by atoms with Crippen molar-refractivity contribution in [2.24, 2.45) is 5.73 Å². The number of aryl methyl sites for hydroxylation is 1. The van der Waals surface area contributed by atoms with Gasteiger partial charge < -0.3 is 5.73 Å². The molecule has 0 fully saturated rings. The lowest BCUT2D eigenvalue weighted by molar-refractivity contribution is 0.241. The van der Waals surface area contributed by atoms with E-state index in [1.807, 2.05) is 36.4 Å². The van der Waals surface area contributed by atoms with E-state index >= 15 is 0 Å². The molecule has 2 nitrogen and oxygen atoms in total. The molecule has 0 bridgehead atoms. The highest BCUT2D eigenvalue weighted by Crippen LogP contribution is 2.26. The van der Waals surface area contributed by atoms with E-state index < -0.39 is 0 Å². The van der Waals surface area contributed by atoms with Crippen molar-refractivity contribution < 1.29 is 0 Å². The van der Waals surface area contributed by atoms with Gasteiger partial charge in [0.1, 0.15) is 0 Å². The summed E-state index contributed by atoms with van der Waals surface area (Å²) in [5.41, 5.74) is 9.60. The van der Waals surface area contributed by atoms with Crippen LogP contribution in [0.5, 0.6) is 0 Å². The molecule has 0 radical (unpaired) electrons. The number of nitrogens with two attached hydrogens (primary N) is 1. The quantitative estimate of drug-likeness (QED) is 0.882. The van der Waals surface area contributed by atoms with E-state index in [2.05, 4.69) is 24.9 Å². The van der Waals surface area contributed by atoms with Gasteiger partial charge in [-0.3, -0.25) is 4.90 Å². The fourth-order valence-corrected chi connectivity index (χ4v) is 2.90. The lowest BCUT2D eigenvalue weighted by Gasteiger charge is -2.28. The van der Waals surface area contributed by atoms with Crippen molar-refractivity contribution >= 4 is 23.2 Å². The maximum Gasteiger partial charge on any atom is 0.0473 e. The molecule has 0 aliphatic rings. The van der Waals surface area contributed by atoms with E-state index in [4.69, 9.17) is 28.9 Å². The van der Waals surface area contributed by atoms with Crippen LogP contribution in [0.4, 0.5) is 0 Å². The van der Waals surface area contributed by atoms with Crippen molar-refractivity contribution in [2.75, 3.05) is 13.6 Å². The Labute approximate surface area is 136 Å². The third-order valence-corrected chi connectivity index (χ3v) is 4.18. The van der Waals surface area contributed by atoms with Crippen LogP contribution in [0.15, 0.2) is 42.5 Å². The summed E-state index contributed by atoms with van der Waals surface area (Å²) in [6, 6.07) is 14.0. The van der Waals surface area contributed by atoms with E-state index in [0.717, 1.165) is 16.6 Å². The number of hydrogen-bond donors (Lipinski definition) is 1. The molecule has 2 aromatic rings. The number of rotatable bonds is 5. The van der Waals surface area contributed by atoms with Crippen LogP contribution in [-0.4, -0.2) is 18.5 Å². The second kappa shape index (κ2) is 7.28. The van der Waals surface area contributed by atoms with E-state index in [9.17, 15) is 0 Å². The van der Waals surface area contributed by atoms with Gasteiger partial charge in [0.05, 0.1) is 0 Å². The number of nitrogens with zero attached hydrogens (tertiary/aromatic N) is 1. The molecular formula is C17H20Cl2N2. The molecule has 21 heavy (non-hydrogen) atoms. The van der Waals surface area contributed by atoms with Gasteiger partial charge in [0.15, 0.2) is 0 Å². The molecule has 0 saturated carbocycles. The lowest BCUT2D eigenvalue weighted by atomic mass is 10.00. The summed E-state index contributed by atoms with van der Waals surface area (Å²) in [7, 11) is 2.08. The smallest absolute Gasteiger partial charge is 0.0473 e. The summed E-state index contributed by atoms with van der Waals surface area (Å²) in [5, 5.41) is 1.51. The lowest BCUT2D eigenvalue weighted by Crippen LogP contribution is -2.30. The van der Waals surface area contributed by atoms with E-state index in [1.54, 1.807) is 0 Å². The maximum atomic E-state index is 6.03. The average Bonchev–Trinajstić information content (AvgIpc) is 2.44. The first-order chi connectivity index (χ1) is 10.0. The zero-order valence-corrected chi connectivity index (χ0v) is 13.8. The van der Waals surface area contributed by atoms with Crippen molar-refractivity contribution in [1.29, 1.82) is 0 Å². The van der Waals surface area contributed by atoms with Crippen molar-refractivity contribution in [2.45, 2.75) is 19.5 Å². The summed E-state index contributed by atoms with van der Waals surface area (Å²) in [6.07, 6.45) is 0. The zero-order chi connectivity index (χ0) is 15.4. The van der Waals surface area contributed by atoms with Gasteiger partial charge >= 0.3 is 0 Å². The normalized spacial score (nSPS) is 12.7. The number of benzene rings is 2. The van der Waals surface area contributed by atoms with Crippen LogP contribution >= 0.6 is 23.2 Å². The Hall–Kier alpha value is -1.06. The van der Waals surface area contributed by atoms with Crippen molar-refractivity contribution in [3.8, 4) is 0 Å². The summed E-state index contributed by atoms with van der Waals surface area (Å²) in [5.74, 6) is 0. The first-order valence-corrected chi connectivity index (χ1v) is 7.67. The third-order valence-electron chi connectivity index (χ3n) is 3.69. The van der Waals surface area contributed by atoms with Gasteiger partial charge in [0.25, 0.3) is 0 Å². The topological polar surface area (TPSA) is 29.3 Å². The largest absolute Gasteiger partial charge is 0.329 e. The van der Waals surface area contributed by atoms with Gasteiger partial charge in [-0.2, -0.15) is 0 Å². The molecule has 2 aromatic carbocycles. The highest BCUT2D eigenvalue weighted by atomic mass is 35.5. The molecule has 4 heteroatoms. The molecule has 0 heterocycles. The highest BCUT2D eigenvalue weighted by Gasteiger charge is 2.17. The Kier molecular flexibility index (Phi) is 5.65. The molecule has 2 rings (SSSR count). The molecule has 1 atom stereocenters. The van der Waals surface area contributed by atoms with Crippen LogP contribution in [0, 0.1) is 6.92 Å².